The maximum atomic E-state index is 12.2. The van der Waals surface area contributed by atoms with Crippen molar-refractivity contribution in [2.75, 3.05) is 26.2 Å². The zero-order valence-corrected chi connectivity index (χ0v) is 12.9. The van der Waals surface area contributed by atoms with Crippen LogP contribution >= 0.6 is 0 Å². The number of nitrogens with zero attached hydrogens (tertiary/aromatic N) is 2. The van der Waals surface area contributed by atoms with Gasteiger partial charge in [-0.05, 0) is 12.8 Å². The van der Waals surface area contributed by atoms with Crippen LogP contribution in [0.15, 0.2) is 0 Å². The maximum Gasteiger partial charge on any atom is 0.228 e. The minimum atomic E-state index is -0.332. The normalized spacial score (nSPS) is 17.3. The summed E-state index contributed by atoms with van der Waals surface area (Å²) in [5, 5.41) is 0. The molecule has 4 heteroatoms. The van der Waals surface area contributed by atoms with Crippen molar-refractivity contribution >= 4 is 11.8 Å². The Hall–Kier alpha value is -1.06. The van der Waals surface area contributed by atoms with Gasteiger partial charge in [0.25, 0.3) is 0 Å². The van der Waals surface area contributed by atoms with E-state index in [-0.39, 0.29) is 17.2 Å². The summed E-state index contributed by atoms with van der Waals surface area (Å²) in [5.41, 5.74) is -0.332. The van der Waals surface area contributed by atoms with E-state index in [4.69, 9.17) is 0 Å². The number of hydrogen-bond donors (Lipinski definition) is 0. The predicted molar refractivity (Wildman–Crippen MR) is 76.8 cm³/mol. The molecule has 1 aliphatic rings. The largest absolute Gasteiger partial charge is 0.341 e. The van der Waals surface area contributed by atoms with E-state index in [1.165, 1.54) is 0 Å². The van der Waals surface area contributed by atoms with Crippen molar-refractivity contribution < 1.29 is 9.59 Å². The minimum Gasteiger partial charge on any atom is -0.341 e. The second kappa shape index (κ2) is 6.92. The molecule has 1 fully saturated rings. The summed E-state index contributed by atoms with van der Waals surface area (Å²) in [6, 6.07) is 0. The van der Waals surface area contributed by atoms with Crippen LogP contribution < -0.4 is 0 Å². The van der Waals surface area contributed by atoms with Crippen LogP contribution in [0.25, 0.3) is 0 Å². The Morgan fingerprint density at radius 2 is 1.58 bits per heavy atom. The molecule has 2 amide bonds. The molecule has 0 radical (unpaired) electrons. The fourth-order valence-electron chi connectivity index (χ4n) is 2.33. The Balaban J connectivity index is 2.52. The predicted octanol–water partition coefficient (Wildman–Crippen LogP) is 2.28. The van der Waals surface area contributed by atoms with Crippen molar-refractivity contribution in [2.45, 2.75) is 53.4 Å². The smallest absolute Gasteiger partial charge is 0.228 e. The standard InChI is InChI=1S/C15H28N2O2/c1-5-6-8-13(18)16-9-7-10-17(12-11-16)14(19)15(2,3)4/h5-12H2,1-4H3. The zero-order chi connectivity index (χ0) is 14.5. The second-order valence-corrected chi connectivity index (χ2v) is 6.38. The van der Waals surface area contributed by atoms with Gasteiger partial charge in [0.1, 0.15) is 0 Å². The first-order chi connectivity index (χ1) is 8.86. The van der Waals surface area contributed by atoms with Crippen LogP contribution in [-0.4, -0.2) is 47.8 Å². The third kappa shape index (κ3) is 4.84. The molecule has 0 aromatic rings. The van der Waals surface area contributed by atoms with E-state index in [0.29, 0.717) is 19.5 Å². The maximum absolute atomic E-state index is 12.2. The van der Waals surface area contributed by atoms with Gasteiger partial charge < -0.3 is 9.80 Å². The van der Waals surface area contributed by atoms with Crippen molar-refractivity contribution in [1.82, 2.24) is 9.80 Å². The third-order valence-corrected chi connectivity index (χ3v) is 3.52. The molecule has 1 heterocycles. The summed E-state index contributed by atoms with van der Waals surface area (Å²) in [7, 11) is 0. The number of carbonyl (C=O) groups is 2. The van der Waals surface area contributed by atoms with Crippen molar-refractivity contribution in [2.24, 2.45) is 5.41 Å². The van der Waals surface area contributed by atoms with E-state index >= 15 is 0 Å². The van der Waals surface area contributed by atoms with Gasteiger partial charge >= 0.3 is 0 Å². The number of unbranched alkanes of at least 4 members (excludes halogenated alkanes) is 1. The summed E-state index contributed by atoms with van der Waals surface area (Å²) in [5.74, 6) is 0.433. The lowest BCUT2D eigenvalue weighted by atomic mass is 9.94. The van der Waals surface area contributed by atoms with E-state index in [2.05, 4.69) is 6.92 Å². The van der Waals surface area contributed by atoms with Gasteiger partial charge in [-0.1, -0.05) is 34.1 Å². The highest BCUT2D eigenvalue weighted by Gasteiger charge is 2.29. The Morgan fingerprint density at radius 3 is 2.16 bits per heavy atom. The minimum absolute atomic E-state index is 0.190. The molecule has 0 spiro atoms. The number of carbonyl (C=O) groups excluding carboxylic acids is 2. The molecule has 0 atom stereocenters. The average molecular weight is 268 g/mol. The molecule has 4 nitrogen and oxygen atoms in total. The van der Waals surface area contributed by atoms with Crippen LogP contribution in [0, 0.1) is 5.41 Å². The van der Waals surface area contributed by atoms with Gasteiger partial charge in [0.05, 0.1) is 0 Å². The van der Waals surface area contributed by atoms with Gasteiger partial charge in [0.2, 0.25) is 11.8 Å². The van der Waals surface area contributed by atoms with E-state index in [1.54, 1.807) is 0 Å². The van der Waals surface area contributed by atoms with Crippen molar-refractivity contribution in [1.29, 1.82) is 0 Å². The molecule has 0 saturated carbocycles. The molecule has 1 rings (SSSR count). The van der Waals surface area contributed by atoms with Crippen molar-refractivity contribution in [3.05, 3.63) is 0 Å². The Labute approximate surface area is 117 Å². The monoisotopic (exact) mass is 268 g/mol. The summed E-state index contributed by atoms with van der Waals surface area (Å²) >= 11 is 0. The van der Waals surface area contributed by atoms with Gasteiger partial charge in [-0.3, -0.25) is 9.59 Å². The molecule has 0 unspecified atom stereocenters. The topological polar surface area (TPSA) is 40.6 Å². The molecule has 0 aromatic heterocycles. The number of amides is 2. The van der Waals surface area contributed by atoms with Crippen LogP contribution in [0.4, 0.5) is 0 Å². The average Bonchev–Trinajstić information content (AvgIpc) is 2.59. The highest BCUT2D eigenvalue weighted by molar-refractivity contribution is 5.81. The first kappa shape index (κ1) is 16.0. The lowest BCUT2D eigenvalue weighted by molar-refractivity contribution is -0.140. The molecule has 110 valence electrons. The Bertz CT molecular complexity index is 321. The fraction of sp³-hybridized carbons (Fsp3) is 0.867. The van der Waals surface area contributed by atoms with Gasteiger partial charge in [-0.25, -0.2) is 0 Å². The second-order valence-electron chi connectivity index (χ2n) is 6.38. The van der Waals surface area contributed by atoms with Gasteiger partial charge in [0, 0.05) is 38.0 Å². The van der Waals surface area contributed by atoms with Crippen LogP contribution in [0.2, 0.25) is 0 Å². The summed E-state index contributed by atoms with van der Waals surface area (Å²) < 4.78 is 0. The molecule has 19 heavy (non-hydrogen) atoms. The highest BCUT2D eigenvalue weighted by Crippen LogP contribution is 2.19. The molecule has 1 aliphatic heterocycles. The SMILES string of the molecule is CCCCC(=O)N1CCCN(C(=O)C(C)(C)C)CC1. The van der Waals surface area contributed by atoms with Gasteiger partial charge in [-0.2, -0.15) is 0 Å². The fourth-order valence-corrected chi connectivity index (χ4v) is 2.33. The van der Waals surface area contributed by atoms with Crippen LogP contribution in [0.3, 0.4) is 0 Å². The van der Waals surface area contributed by atoms with E-state index in [1.807, 2.05) is 30.6 Å². The molecule has 0 aromatic carbocycles. The van der Waals surface area contributed by atoms with Crippen molar-refractivity contribution in [3.63, 3.8) is 0 Å². The highest BCUT2D eigenvalue weighted by atomic mass is 16.2. The van der Waals surface area contributed by atoms with E-state index < -0.39 is 0 Å². The molecule has 0 aliphatic carbocycles. The van der Waals surface area contributed by atoms with Gasteiger partial charge in [0.15, 0.2) is 0 Å². The molecular formula is C15H28N2O2. The van der Waals surface area contributed by atoms with Crippen LogP contribution in [0.1, 0.15) is 53.4 Å². The molecule has 0 bridgehead atoms. The quantitative estimate of drug-likeness (QED) is 0.788. The van der Waals surface area contributed by atoms with E-state index in [9.17, 15) is 9.59 Å². The Kier molecular flexibility index (Phi) is 5.83. The molecule has 1 saturated heterocycles. The molecule has 0 N–H and O–H groups in total. The lowest BCUT2D eigenvalue weighted by Crippen LogP contribution is -2.42. The lowest BCUT2D eigenvalue weighted by Gasteiger charge is -2.28. The summed E-state index contributed by atoms with van der Waals surface area (Å²) in [6.45, 7) is 10.9. The first-order valence-corrected chi connectivity index (χ1v) is 7.43. The number of rotatable bonds is 3. The van der Waals surface area contributed by atoms with Crippen molar-refractivity contribution in [3.8, 4) is 0 Å². The van der Waals surface area contributed by atoms with Crippen LogP contribution in [0.5, 0.6) is 0 Å². The molecular weight excluding hydrogens is 240 g/mol. The summed E-state index contributed by atoms with van der Waals surface area (Å²) in [6.07, 6.45) is 3.54. The van der Waals surface area contributed by atoms with Gasteiger partial charge in [-0.15, -0.1) is 0 Å². The third-order valence-electron chi connectivity index (χ3n) is 3.52. The Morgan fingerprint density at radius 1 is 1.00 bits per heavy atom. The zero-order valence-electron chi connectivity index (χ0n) is 12.9. The van der Waals surface area contributed by atoms with E-state index in [0.717, 1.165) is 32.4 Å². The first-order valence-electron chi connectivity index (χ1n) is 7.43. The number of hydrogen-bond acceptors (Lipinski definition) is 2. The summed E-state index contributed by atoms with van der Waals surface area (Å²) in [4.78, 5) is 28.1. The van der Waals surface area contributed by atoms with Crippen LogP contribution in [-0.2, 0) is 9.59 Å².